The Morgan fingerprint density at radius 3 is 2.86 bits per heavy atom. The number of aromatic nitrogens is 1. The maximum atomic E-state index is 12.9. The topological polar surface area (TPSA) is 45.5 Å². The number of nitrogens with zero attached hydrogens (tertiary/aromatic N) is 2. The highest BCUT2D eigenvalue weighted by Gasteiger charge is 2.33. The highest BCUT2D eigenvalue weighted by atomic mass is 32.2. The Hall–Kier alpha value is -1.76. The lowest BCUT2D eigenvalue weighted by Gasteiger charge is -2.13. The summed E-state index contributed by atoms with van der Waals surface area (Å²) in [6, 6.07) is 0.988. The van der Waals surface area contributed by atoms with Crippen LogP contribution < -0.4 is 0 Å². The molecule has 1 aliphatic heterocycles. The fourth-order valence-corrected chi connectivity index (χ4v) is 3.01. The Kier molecular flexibility index (Phi) is 5.28. The first-order chi connectivity index (χ1) is 10.4. The Balaban J connectivity index is 2.13. The summed E-state index contributed by atoms with van der Waals surface area (Å²) >= 11 is 1.27. The van der Waals surface area contributed by atoms with Gasteiger partial charge in [0.2, 0.25) is 0 Å². The molecular weight excluding hydrogens is 313 g/mol. The largest absolute Gasteiger partial charge is 0.508 e. The molecule has 1 aliphatic rings. The van der Waals surface area contributed by atoms with Crippen molar-refractivity contribution in [2.24, 2.45) is 4.99 Å². The van der Waals surface area contributed by atoms with E-state index in [1.165, 1.54) is 24.0 Å². The maximum Gasteiger partial charge on any atom is 0.416 e. The first-order valence-electron chi connectivity index (χ1n) is 6.64. The van der Waals surface area contributed by atoms with E-state index in [0.29, 0.717) is 18.5 Å². The summed E-state index contributed by atoms with van der Waals surface area (Å²) in [5, 5.41) is 10.2. The molecule has 1 aromatic rings. The average molecular weight is 328 g/mol. The van der Waals surface area contributed by atoms with Crippen LogP contribution in [0.25, 0.3) is 0 Å². The minimum atomic E-state index is -4.38. The molecule has 1 N–H and O–H groups in total. The van der Waals surface area contributed by atoms with E-state index in [1.54, 1.807) is 13.0 Å². The van der Waals surface area contributed by atoms with Crippen molar-refractivity contribution in [1.82, 2.24) is 4.98 Å². The summed E-state index contributed by atoms with van der Waals surface area (Å²) in [5.74, 6) is 0.321. The quantitative estimate of drug-likeness (QED) is 0.842. The second kappa shape index (κ2) is 7.00. The summed E-state index contributed by atoms with van der Waals surface area (Å²) in [6.45, 7) is 1.74. The van der Waals surface area contributed by atoms with Crippen molar-refractivity contribution >= 4 is 16.8 Å². The summed E-state index contributed by atoms with van der Waals surface area (Å²) in [4.78, 5) is 8.11. The molecule has 118 valence electrons. The lowest BCUT2D eigenvalue weighted by molar-refractivity contribution is -0.138. The van der Waals surface area contributed by atoms with Crippen LogP contribution in [0.3, 0.4) is 0 Å². The predicted octanol–water partition coefficient (Wildman–Crippen LogP) is 4.87. The zero-order valence-corrected chi connectivity index (χ0v) is 12.7. The molecule has 22 heavy (non-hydrogen) atoms. The molecule has 0 aromatic carbocycles. The fourth-order valence-electron chi connectivity index (χ4n) is 1.99. The molecule has 0 saturated heterocycles. The highest BCUT2D eigenvalue weighted by molar-refractivity contribution is 8.13. The summed E-state index contributed by atoms with van der Waals surface area (Å²) in [7, 11) is 0. The number of hydrogen-bond acceptors (Lipinski definition) is 4. The number of hydrogen-bond donors (Lipinski definition) is 1. The van der Waals surface area contributed by atoms with E-state index in [2.05, 4.69) is 9.98 Å². The first-order valence-corrected chi connectivity index (χ1v) is 7.62. The SMILES string of the molecule is CC1=CC(O)=CCCC(SCc2cnccc2C(F)(F)F)=N1. The molecule has 0 fully saturated rings. The summed E-state index contributed by atoms with van der Waals surface area (Å²) in [5.41, 5.74) is 0.106. The minimum absolute atomic E-state index is 0.143. The molecule has 0 unspecified atom stereocenters. The van der Waals surface area contributed by atoms with Crippen molar-refractivity contribution < 1.29 is 18.3 Å². The second-order valence-corrected chi connectivity index (χ2v) is 5.83. The number of pyridine rings is 1. The van der Waals surface area contributed by atoms with Crippen LogP contribution in [0.2, 0.25) is 0 Å². The predicted molar refractivity (Wildman–Crippen MR) is 81.7 cm³/mol. The number of aliphatic hydroxyl groups is 1. The van der Waals surface area contributed by atoms with Crippen LogP contribution in [0, 0.1) is 0 Å². The van der Waals surface area contributed by atoms with Crippen molar-refractivity contribution in [3.05, 3.63) is 53.2 Å². The van der Waals surface area contributed by atoms with Crippen LogP contribution in [-0.4, -0.2) is 15.1 Å². The normalized spacial score (nSPS) is 16.3. The van der Waals surface area contributed by atoms with Crippen molar-refractivity contribution in [2.45, 2.75) is 31.7 Å². The molecule has 2 rings (SSSR count). The second-order valence-electron chi connectivity index (χ2n) is 4.78. The van der Waals surface area contributed by atoms with Gasteiger partial charge in [-0.3, -0.25) is 9.98 Å². The van der Waals surface area contributed by atoms with Gasteiger partial charge in [-0.1, -0.05) is 0 Å². The number of alkyl halides is 3. The van der Waals surface area contributed by atoms with Crippen LogP contribution in [-0.2, 0) is 11.9 Å². The number of rotatable bonds is 2. The summed E-state index contributed by atoms with van der Waals surface area (Å²) < 4.78 is 38.8. The van der Waals surface area contributed by atoms with Crippen LogP contribution in [0.15, 0.2) is 47.1 Å². The molecule has 1 aromatic heterocycles. The first kappa shape index (κ1) is 16.6. The lowest BCUT2D eigenvalue weighted by Crippen LogP contribution is -2.09. The van der Waals surface area contributed by atoms with E-state index in [1.807, 2.05) is 0 Å². The molecular formula is C15H15F3N2OS. The highest BCUT2D eigenvalue weighted by Crippen LogP contribution is 2.33. The van der Waals surface area contributed by atoms with Gasteiger partial charge in [-0.2, -0.15) is 13.2 Å². The Labute approximate surface area is 130 Å². The molecule has 0 bridgehead atoms. The lowest BCUT2D eigenvalue weighted by atomic mass is 10.1. The smallest absolute Gasteiger partial charge is 0.416 e. The number of allylic oxidation sites excluding steroid dienone is 3. The number of aliphatic imine (C=N–C) groups is 1. The molecule has 0 spiro atoms. The van der Waals surface area contributed by atoms with Gasteiger partial charge in [0.25, 0.3) is 0 Å². The third kappa shape index (κ3) is 4.62. The Morgan fingerprint density at radius 2 is 2.14 bits per heavy atom. The molecule has 0 radical (unpaired) electrons. The van der Waals surface area contributed by atoms with E-state index >= 15 is 0 Å². The van der Waals surface area contributed by atoms with Crippen LogP contribution in [0.4, 0.5) is 13.2 Å². The minimum Gasteiger partial charge on any atom is -0.508 e. The van der Waals surface area contributed by atoms with Gasteiger partial charge >= 0.3 is 6.18 Å². The molecule has 7 heteroatoms. The Bertz CT molecular complexity index is 636. The van der Waals surface area contributed by atoms with E-state index < -0.39 is 11.7 Å². The van der Waals surface area contributed by atoms with Gasteiger partial charge in [0.05, 0.1) is 10.6 Å². The zero-order chi connectivity index (χ0) is 16.2. The van der Waals surface area contributed by atoms with Gasteiger partial charge < -0.3 is 5.11 Å². The van der Waals surface area contributed by atoms with Crippen LogP contribution in [0.5, 0.6) is 0 Å². The van der Waals surface area contributed by atoms with Crippen molar-refractivity contribution in [1.29, 1.82) is 0 Å². The molecule has 3 nitrogen and oxygen atoms in total. The average Bonchev–Trinajstić information content (AvgIpc) is 2.42. The van der Waals surface area contributed by atoms with E-state index in [0.717, 1.165) is 17.3 Å². The maximum absolute atomic E-state index is 12.9. The van der Waals surface area contributed by atoms with Crippen LogP contribution in [0.1, 0.15) is 30.9 Å². The monoisotopic (exact) mass is 328 g/mol. The van der Waals surface area contributed by atoms with Crippen molar-refractivity contribution in [3.8, 4) is 0 Å². The number of halogens is 3. The summed E-state index contributed by atoms with van der Waals surface area (Å²) in [6.07, 6.45) is 2.39. The van der Waals surface area contributed by atoms with E-state index in [4.69, 9.17) is 0 Å². The zero-order valence-electron chi connectivity index (χ0n) is 11.9. The number of thioether (sulfide) groups is 1. The van der Waals surface area contributed by atoms with Crippen molar-refractivity contribution in [3.63, 3.8) is 0 Å². The van der Waals surface area contributed by atoms with Gasteiger partial charge in [0.1, 0.15) is 5.76 Å². The third-order valence-corrected chi connectivity index (χ3v) is 4.06. The van der Waals surface area contributed by atoms with Gasteiger partial charge in [-0.05, 0) is 37.5 Å². The van der Waals surface area contributed by atoms with Gasteiger partial charge in [0, 0.05) is 29.9 Å². The molecule has 0 aliphatic carbocycles. The molecule has 2 heterocycles. The van der Waals surface area contributed by atoms with Gasteiger partial charge in [-0.25, -0.2) is 0 Å². The number of aliphatic hydroxyl groups excluding tert-OH is 1. The van der Waals surface area contributed by atoms with Crippen LogP contribution >= 0.6 is 11.8 Å². The van der Waals surface area contributed by atoms with Gasteiger partial charge in [0.15, 0.2) is 0 Å². The van der Waals surface area contributed by atoms with E-state index in [-0.39, 0.29) is 17.1 Å². The fraction of sp³-hybridized carbons (Fsp3) is 0.333. The van der Waals surface area contributed by atoms with E-state index in [9.17, 15) is 18.3 Å². The molecule has 0 amide bonds. The third-order valence-electron chi connectivity index (χ3n) is 2.97. The molecule has 0 saturated carbocycles. The Morgan fingerprint density at radius 1 is 1.36 bits per heavy atom. The van der Waals surface area contributed by atoms with Gasteiger partial charge in [-0.15, -0.1) is 11.8 Å². The molecule has 0 atom stereocenters. The van der Waals surface area contributed by atoms with Crippen molar-refractivity contribution in [2.75, 3.05) is 0 Å². The standard InChI is InChI=1S/C15H15F3N2OS/c1-10-7-12(21)3-2-4-14(20-10)22-9-11-8-19-6-5-13(11)15(16,17)18/h3,5-8,21H,2,4,9H2,1H3.